The Bertz CT molecular complexity index is 678. The average molecular weight is 332 g/mol. The van der Waals surface area contributed by atoms with Crippen molar-refractivity contribution in [2.45, 2.75) is 45.6 Å². The van der Waals surface area contributed by atoms with Crippen molar-refractivity contribution < 1.29 is 4.79 Å². The molecular weight excluding hydrogens is 308 g/mol. The summed E-state index contributed by atoms with van der Waals surface area (Å²) in [6.07, 6.45) is 8.54. The van der Waals surface area contributed by atoms with Crippen molar-refractivity contribution in [1.82, 2.24) is 19.7 Å². The van der Waals surface area contributed by atoms with Crippen LogP contribution in [0.5, 0.6) is 0 Å². The molecule has 0 radical (unpaired) electrons. The number of aryl methyl sites for hydroxylation is 1. The van der Waals surface area contributed by atoms with Crippen LogP contribution in [0.2, 0.25) is 0 Å². The molecular formula is C17H24N4OS. The highest BCUT2D eigenvalue weighted by molar-refractivity contribution is 7.13. The SMILES string of the molecule is CCN(C(=O)c1csc(-c2cnn(C)c2)n1)[C@H]1CCCC[C@@H]1C. The summed E-state index contributed by atoms with van der Waals surface area (Å²) in [5.41, 5.74) is 1.53. The Labute approximate surface area is 141 Å². The third-order valence-electron chi connectivity index (χ3n) is 4.74. The first-order chi connectivity index (χ1) is 11.1. The monoisotopic (exact) mass is 332 g/mol. The van der Waals surface area contributed by atoms with Crippen LogP contribution in [0.4, 0.5) is 0 Å². The van der Waals surface area contributed by atoms with Gasteiger partial charge >= 0.3 is 0 Å². The normalized spacial score (nSPS) is 21.3. The molecule has 0 spiro atoms. The number of hydrogen-bond donors (Lipinski definition) is 0. The molecule has 1 aliphatic rings. The zero-order chi connectivity index (χ0) is 16.4. The van der Waals surface area contributed by atoms with Crippen LogP contribution in [0.1, 0.15) is 50.0 Å². The van der Waals surface area contributed by atoms with Crippen LogP contribution in [0, 0.1) is 5.92 Å². The number of carbonyl (C=O) groups is 1. The molecule has 0 N–H and O–H groups in total. The fourth-order valence-electron chi connectivity index (χ4n) is 3.47. The van der Waals surface area contributed by atoms with Gasteiger partial charge < -0.3 is 4.90 Å². The second-order valence-electron chi connectivity index (χ2n) is 6.36. The molecule has 0 unspecified atom stereocenters. The van der Waals surface area contributed by atoms with Crippen LogP contribution in [0.25, 0.3) is 10.6 Å². The fourth-order valence-corrected chi connectivity index (χ4v) is 4.24. The lowest BCUT2D eigenvalue weighted by Crippen LogP contribution is -2.45. The van der Waals surface area contributed by atoms with Gasteiger partial charge in [0.2, 0.25) is 0 Å². The Balaban J connectivity index is 1.80. The molecule has 0 saturated heterocycles. The highest BCUT2D eigenvalue weighted by Crippen LogP contribution is 2.30. The van der Waals surface area contributed by atoms with Gasteiger partial charge in [-0.1, -0.05) is 19.8 Å². The third kappa shape index (κ3) is 3.32. The fraction of sp³-hybridized carbons (Fsp3) is 0.588. The van der Waals surface area contributed by atoms with Crippen LogP contribution >= 0.6 is 11.3 Å². The van der Waals surface area contributed by atoms with Gasteiger partial charge in [-0.2, -0.15) is 5.10 Å². The molecule has 124 valence electrons. The van der Waals surface area contributed by atoms with E-state index in [9.17, 15) is 4.79 Å². The minimum Gasteiger partial charge on any atom is -0.334 e. The first-order valence-corrected chi connectivity index (χ1v) is 9.23. The third-order valence-corrected chi connectivity index (χ3v) is 5.63. The first-order valence-electron chi connectivity index (χ1n) is 8.35. The Kier molecular flexibility index (Phi) is 4.80. The van der Waals surface area contributed by atoms with Crippen molar-refractivity contribution in [1.29, 1.82) is 0 Å². The van der Waals surface area contributed by atoms with E-state index in [4.69, 9.17) is 0 Å². The van der Waals surface area contributed by atoms with Gasteiger partial charge in [-0.25, -0.2) is 4.98 Å². The predicted molar refractivity (Wildman–Crippen MR) is 92.4 cm³/mol. The molecule has 1 aliphatic carbocycles. The molecule has 2 aromatic rings. The maximum absolute atomic E-state index is 12.9. The van der Waals surface area contributed by atoms with Gasteiger partial charge in [0.1, 0.15) is 10.7 Å². The van der Waals surface area contributed by atoms with E-state index < -0.39 is 0 Å². The molecule has 0 bridgehead atoms. The van der Waals surface area contributed by atoms with Crippen molar-refractivity contribution in [2.75, 3.05) is 6.54 Å². The molecule has 1 saturated carbocycles. The molecule has 0 aliphatic heterocycles. The number of nitrogens with zero attached hydrogens (tertiary/aromatic N) is 4. The van der Waals surface area contributed by atoms with Crippen molar-refractivity contribution in [2.24, 2.45) is 13.0 Å². The Hall–Kier alpha value is -1.69. The summed E-state index contributed by atoms with van der Waals surface area (Å²) in [5, 5.41) is 6.90. The minimum atomic E-state index is 0.0673. The van der Waals surface area contributed by atoms with Gasteiger partial charge in [-0.15, -0.1) is 11.3 Å². The minimum absolute atomic E-state index is 0.0673. The zero-order valence-corrected chi connectivity index (χ0v) is 14.8. The summed E-state index contributed by atoms with van der Waals surface area (Å²) in [6, 6.07) is 0.352. The van der Waals surface area contributed by atoms with Crippen LogP contribution in [0.3, 0.4) is 0 Å². The number of carbonyl (C=O) groups excluding carboxylic acids is 1. The van der Waals surface area contributed by atoms with E-state index >= 15 is 0 Å². The number of amides is 1. The average Bonchev–Trinajstić information content (AvgIpc) is 3.18. The topological polar surface area (TPSA) is 51.0 Å². The molecule has 23 heavy (non-hydrogen) atoms. The quantitative estimate of drug-likeness (QED) is 0.860. The first kappa shape index (κ1) is 16.2. The molecule has 1 amide bonds. The lowest BCUT2D eigenvalue weighted by atomic mass is 9.84. The standard InChI is InChI=1S/C17H24N4OS/c1-4-21(15-8-6-5-7-12(15)2)17(22)14-11-23-16(19-14)13-9-18-20(3)10-13/h9-12,15H,4-8H2,1-3H3/t12-,15-/m0/s1. The van der Waals surface area contributed by atoms with Crippen molar-refractivity contribution in [3.8, 4) is 10.6 Å². The van der Waals surface area contributed by atoms with E-state index in [1.807, 2.05) is 23.5 Å². The molecule has 2 heterocycles. The van der Waals surface area contributed by atoms with Gasteiger partial charge in [-0.05, 0) is 25.7 Å². The second kappa shape index (κ2) is 6.83. The summed E-state index contributed by atoms with van der Waals surface area (Å²) in [4.78, 5) is 19.5. The van der Waals surface area contributed by atoms with Gasteiger partial charge in [0, 0.05) is 36.8 Å². The molecule has 2 aromatic heterocycles. The van der Waals surface area contributed by atoms with Crippen LogP contribution in [0.15, 0.2) is 17.8 Å². The second-order valence-corrected chi connectivity index (χ2v) is 7.22. The molecule has 2 atom stereocenters. The van der Waals surface area contributed by atoms with E-state index in [0.717, 1.165) is 23.5 Å². The summed E-state index contributed by atoms with van der Waals surface area (Å²) >= 11 is 1.51. The molecule has 3 rings (SSSR count). The van der Waals surface area contributed by atoms with Crippen LogP contribution < -0.4 is 0 Å². The number of aromatic nitrogens is 3. The van der Waals surface area contributed by atoms with Crippen molar-refractivity contribution >= 4 is 17.2 Å². The summed E-state index contributed by atoms with van der Waals surface area (Å²) < 4.78 is 1.75. The lowest BCUT2D eigenvalue weighted by Gasteiger charge is -2.37. The van der Waals surface area contributed by atoms with Gasteiger partial charge in [0.15, 0.2) is 0 Å². The summed E-state index contributed by atoms with van der Waals surface area (Å²) in [7, 11) is 1.88. The Morgan fingerprint density at radius 3 is 2.87 bits per heavy atom. The number of thiazole rings is 1. The van der Waals surface area contributed by atoms with E-state index in [1.54, 1.807) is 10.9 Å². The highest BCUT2D eigenvalue weighted by Gasteiger charge is 2.31. The maximum Gasteiger partial charge on any atom is 0.273 e. The van der Waals surface area contributed by atoms with E-state index in [1.165, 1.54) is 30.6 Å². The molecule has 0 aromatic carbocycles. The number of hydrogen-bond acceptors (Lipinski definition) is 4. The Morgan fingerprint density at radius 1 is 1.43 bits per heavy atom. The van der Waals surface area contributed by atoms with E-state index in [-0.39, 0.29) is 5.91 Å². The molecule has 6 heteroatoms. The molecule has 5 nitrogen and oxygen atoms in total. The van der Waals surface area contributed by atoms with Gasteiger partial charge in [0.25, 0.3) is 5.91 Å². The molecule has 1 fully saturated rings. The van der Waals surface area contributed by atoms with E-state index in [0.29, 0.717) is 17.7 Å². The van der Waals surface area contributed by atoms with Crippen LogP contribution in [-0.4, -0.2) is 38.2 Å². The van der Waals surface area contributed by atoms with Crippen molar-refractivity contribution in [3.05, 3.63) is 23.5 Å². The van der Waals surface area contributed by atoms with Gasteiger partial charge in [-0.3, -0.25) is 9.48 Å². The van der Waals surface area contributed by atoms with E-state index in [2.05, 4.69) is 23.9 Å². The maximum atomic E-state index is 12.9. The summed E-state index contributed by atoms with van der Waals surface area (Å²) in [6.45, 7) is 5.07. The number of rotatable bonds is 4. The van der Waals surface area contributed by atoms with Crippen LogP contribution in [-0.2, 0) is 7.05 Å². The zero-order valence-electron chi connectivity index (χ0n) is 14.0. The Morgan fingerprint density at radius 2 is 2.22 bits per heavy atom. The largest absolute Gasteiger partial charge is 0.334 e. The van der Waals surface area contributed by atoms with Gasteiger partial charge in [0.05, 0.1) is 6.20 Å². The summed E-state index contributed by atoms with van der Waals surface area (Å²) in [5.74, 6) is 0.640. The lowest BCUT2D eigenvalue weighted by molar-refractivity contribution is 0.0565. The smallest absolute Gasteiger partial charge is 0.273 e. The predicted octanol–water partition coefficient (Wildman–Crippen LogP) is 3.58. The van der Waals surface area contributed by atoms with Crippen molar-refractivity contribution in [3.63, 3.8) is 0 Å². The highest BCUT2D eigenvalue weighted by atomic mass is 32.1.